The van der Waals surface area contributed by atoms with E-state index >= 15 is 0 Å². The predicted molar refractivity (Wildman–Crippen MR) is 69.0 cm³/mol. The summed E-state index contributed by atoms with van der Waals surface area (Å²) in [5, 5.41) is 21.4. The van der Waals surface area contributed by atoms with E-state index in [0.29, 0.717) is 11.5 Å². The van der Waals surface area contributed by atoms with Gasteiger partial charge >= 0.3 is 7.12 Å². The van der Waals surface area contributed by atoms with Gasteiger partial charge in [-0.1, -0.05) is 24.3 Å². The number of nitrogens with one attached hydrogen (secondary N) is 1. The van der Waals surface area contributed by atoms with E-state index in [1.54, 1.807) is 12.1 Å². The van der Waals surface area contributed by atoms with Crippen LogP contribution in [0.1, 0.15) is 12.5 Å². The molecule has 1 saturated heterocycles. The Labute approximate surface area is 102 Å². The zero-order chi connectivity index (χ0) is 12.3. The molecule has 17 heavy (non-hydrogen) atoms. The molecule has 2 rings (SSSR count). The molecular weight excluding hydrogens is 215 g/mol. The smallest absolute Gasteiger partial charge is 0.423 e. The van der Waals surface area contributed by atoms with Crippen molar-refractivity contribution in [1.29, 1.82) is 0 Å². The van der Waals surface area contributed by atoms with Gasteiger partial charge in [0.2, 0.25) is 0 Å². The molecule has 1 atom stereocenters. The minimum atomic E-state index is -1.37. The molecule has 1 aliphatic heterocycles. The first kappa shape index (κ1) is 12.6. The molecular formula is C12H19BN2O2. The number of hydrogen-bond acceptors (Lipinski definition) is 4. The van der Waals surface area contributed by atoms with Gasteiger partial charge in [-0.15, -0.1) is 0 Å². The Morgan fingerprint density at radius 3 is 2.65 bits per heavy atom. The number of hydrogen-bond donors (Lipinski definition) is 3. The molecule has 3 N–H and O–H groups in total. The van der Waals surface area contributed by atoms with E-state index in [9.17, 15) is 0 Å². The van der Waals surface area contributed by atoms with Crippen molar-refractivity contribution in [2.75, 3.05) is 19.6 Å². The van der Waals surface area contributed by atoms with Crippen LogP contribution < -0.4 is 10.8 Å². The standard InChI is InChI=1S/C12H19BN2O2/c1-10-8-15(7-6-14-10)9-11-2-4-12(5-3-11)13(16)17/h2-5,10,14,16-17H,6-9H2,1H3/t10-/m1/s1. The molecule has 0 spiro atoms. The van der Waals surface area contributed by atoms with Crippen molar-refractivity contribution < 1.29 is 10.0 Å². The Morgan fingerprint density at radius 2 is 2.06 bits per heavy atom. The summed E-state index contributed by atoms with van der Waals surface area (Å²) in [6.45, 7) is 6.28. The van der Waals surface area contributed by atoms with Crippen molar-refractivity contribution in [2.24, 2.45) is 0 Å². The second-order valence-corrected chi connectivity index (χ2v) is 4.71. The lowest BCUT2D eigenvalue weighted by Crippen LogP contribution is -2.48. The van der Waals surface area contributed by atoms with Crippen LogP contribution in [-0.2, 0) is 6.54 Å². The minimum absolute atomic E-state index is 0.544. The van der Waals surface area contributed by atoms with Crippen molar-refractivity contribution in [3.8, 4) is 0 Å². The Morgan fingerprint density at radius 1 is 1.35 bits per heavy atom. The molecule has 1 heterocycles. The summed E-state index contributed by atoms with van der Waals surface area (Å²) in [5.41, 5.74) is 1.76. The zero-order valence-corrected chi connectivity index (χ0v) is 10.1. The molecule has 4 nitrogen and oxygen atoms in total. The quantitative estimate of drug-likeness (QED) is 0.597. The largest absolute Gasteiger partial charge is 0.488 e. The molecule has 1 aromatic carbocycles. The van der Waals surface area contributed by atoms with Crippen LogP contribution >= 0.6 is 0 Å². The maximum absolute atomic E-state index is 9.01. The van der Waals surface area contributed by atoms with Gasteiger partial charge in [-0.25, -0.2) is 0 Å². The van der Waals surface area contributed by atoms with E-state index in [1.807, 2.05) is 12.1 Å². The first-order valence-corrected chi connectivity index (χ1v) is 6.06. The van der Waals surface area contributed by atoms with Crippen molar-refractivity contribution in [1.82, 2.24) is 10.2 Å². The molecule has 5 heteroatoms. The van der Waals surface area contributed by atoms with Crippen LogP contribution in [0.4, 0.5) is 0 Å². The van der Waals surface area contributed by atoms with Crippen LogP contribution in [0.5, 0.6) is 0 Å². The highest BCUT2D eigenvalue weighted by Gasteiger charge is 2.16. The summed E-state index contributed by atoms with van der Waals surface area (Å²) in [6, 6.07) is 8.00. The summed E-state index contributed by atoms with van der Waals surface area (Å²) >= 11 is 0. The lowest BCUT2D eigenvalue weighted by molar-refractivity contribution is 0.199. The summed E-state index contributed by atoms with van der Waals surface area (Å²) in [7, 11) is -1.37. The Balaban J connectivity index is 1.94. The maximum atomic E-state index is 9.01. The van der Waals surface area contributed by atoms with Gasteiger partial charge in [0, 0.05) is 32.2 Å². The van der Waals surface area contributed by atoms with E-state index in [0.717, 1.165) is 26.2 Å². The Bertz CT molecular complexity index is 356. The van der Waals surface area contributed by atoms with E-state index in [-0.39, 0.29) is 0 Å². The molecule has 92 valence electrons. The fourth-order valence-corrected chi connectivity index (χ4v) is 2.21. The van der Waals surface area contributed by atoms with Crippen molar-refractivity contribution in [3.63, 3.8) is 0 Å². The third-order valence-corrected chi connectivity index (χ3v) is 3.14. The molecule has 0 unspecified atom stereocenters. The zero-order valence-electron chi connectivity index (χ0n) is 10.1. The average molecular weight is 234 g/mol. The number of nitrogens with zero attached hydrogens (tertiary/aromatic N) is 1. The molecule has 0 aliphatic carbocycles. The van der Waals surface area contributed by atoms with Crippen LogP contribution in [0.15, 0.2) is 24.3 Å². The molecule has 0 bridgehead atoms. The molecule has 1 aliphatic rings. The number of benzene rings is 1. The maximum Gasteiger partial charge on any atom is 0.488 e. The van der Waals surface area contributed by atoms with E-state index in [2.05, 4.69) is 17.1 Å². The van der Waals surface area contributed by atoms with Crippen LogP contribution in [0.3, 0.4) is 0 Å². The average Bonchev–Trinajstić information content (AvgIpc) is 2.29. The number of piperazine rings is 1. The first-order chi connectivity index (χ1) is 8.15. The SMILES string of the molecule is C[C@@H]1CN(Cc2ccc(B(O)O)cc2)CCN1. The summed E-state index contributed by atoms with van der Waals surface area (Å²) < 4.78 is 0. The van der Waals surface area contributed by atoms with Gasteiger partial charge in [0.1, 0.15) is 0 Å². The van der Waals surface area contributed by atoms with Gasteiger partial charge in [0.15, 0.2) is 0 Å². The van der Waals surface area contributed by atoms with E-state index < -0.39 is 7.12 Å². The predicted octanol–water partition coefficient (Wildman–Crippen LogP) is -0.840. The van der Waals surface area contributed by atoms with Gasteiger partial charge in [0.25, 0.3) is 0 Å². The Hall–Kier alpha value is -0.875. The van der Waals surface area contributed by atoms with E-state index in [4.69, 9.17) is 10.0 Å². The van der Waals surface area contributed by atoms with Crippen LogP contribution in [0, 0.1) is 0 Å². The lowest BCUT2D eigenvalue weighted by Gasteiger charge is -2.31. The van der Waals surface area contributed by atoms with Gasteiger partial charge in [0.05, 0.1) is 0 Å². The highest BCUT2D eigenvalue weighted by molar-refractivity contribution is 6.58. The fourth-order valence-electron chi connectivity index (χ4n) is 2.21. The third kappa shape index (κ3) is 3.54. The molecule has 0 aromatic heterocycles. The molecule has 0 amide bonds. The minimum Gasteiger partial charge on any atom is -0.423 e. The van der Waals surface area contributed by atoms with Gasteiger partial charge in [-0.3, -0.25) is 4.90 Å². The van der Waals surface area contributed by atoms with E-state index in [1.165, 1.54) is 5.56 Å². The third-order valence-electron chi connectivity index (χ3n) is 3.14. The monoisotopic (exact) mass is 234 g/mol. The van der Waals surface area contributed by atoms with Crippen LogP contribution in [-0.4, -0.2) is 47.7 Å². The topological polar surface area (TPSA) is 55.7 Å². The number of rotatable bonds is 3. The van der Waals surface area contributed by atoms with Crippen molar-refractivity contribution in [2.45, 2.75) is 19.5 Å². The second-order valence-electron chi connectivity index (χ2n) is 4.71. The second kappa shape index (κ2) is 5.64. The molecule has 1 fully saturated rings. The normalized spacial score (nSPS) is 21.5. The highest BCUT2D eigenvalue weighted by atomic mass is 16.4. The van der Waals surface area contributed by atoms with Crippen molar-refractivity contribution >= 4 is 12.6 Å². The fraction of sp³-hybridized carbons (Fsp3) is 0.500. The Kier molecular flexibility index (Phi) is 4.18. The highest BCUT2D eigenvalue weighted by Crippen LogP contribution is 2.06. The van der Waals surface area contributed by atoms with Crippen molar-refractivity contribution in [3.05, 3.63) is 29.8 Å². The first-order valence-electron chi connectivity index (χ1n) is 6.06. The summed E-state index contributed by atoms with van der Waals surface area (Å²) in [6.07, 6.45) is 0. The van der Waals surface area contributed by atoms with Gasteiger partial charge in [-0.05, 0) is 17.9 Å². The lowest BCUT2D eigenvalue weighted by atomic mass is 9.80. The molecule has 1 aromatic rings. The summed E-state index contributed by atoms with van der Waals surface area (Å²) in [4.78, 5) is 2.41. The molecule has 0 radical (unpaired) electrons. The summed E-state index contributed by atoms with van der Waals surface area (Å²) in [5.74, 6) is 0. The van der Waals surface area contributed by atoms with Gasteiger partial charge < -0.3 is 15.4 Å². The molecule has 0 saturated carbocycles. The van der Waals surface area contributed by atoms with Crippen LogP contribution in [0.2, 0.25) is 0 Å². The van der Waals surface area contributed by atoms with Crippen LogP contribution in [0.25, 0.3) is 0 Å². The van der Waals surface area contributed by atoms with Gasteiger partial charge in [-0.2, -0.15) is 0 Å².